The molecule has 0 radical (unpaired) electrons. The number of nitrogens with two attached hydrogens (primary N) is 1. The molecule has 1 aromatic carbocycles. The van der Waals surface area contributed by atoms with E-state index in [1.165, 1.54) is 12.6 Å². The lowest BCUT2D eigenvalue weighted by molar-refractivity contribution is -0.125. The Morgan fingerprint density at radius 2 is 1.91 bits per heavy atom. The summed E-state index contributed by atoms with van der Waals surface area (Å²) in [6.45, 7) is 0. The molecule has 22 heavy (non-hydrogen) atoms. The van der Waals surface area contributed by atoms with Gasteiger partial charge < -0.3 is 15.8 Å². The van der Waals surface area contributed by atoms with Gasteiger partial charge in [0.25, 0.3) is 0 Å². The molecule has 0 heterocycles. The quantitative estimate of drug-likeness (QED) is 0.341. The lowest BCUT2D eigenvalue weighted by Gasteiger charge is -2.34. The highest BCUT2D eigenvalue weighted by Gasteiger charge is 2.56. The number of fused-ring (bicyclic) bond motifs is 1. The molecule has 3 atom stereocenters. The first kappa shape index (κ1) is 17.5. The Kier molecular flexibility index (Phi) is 6.36. The Hall–Kier alpha value is -2.58. The molecule has 116 valence electrons. The molecule has 2 aliphatic rings. The minimum atomic E-state index is -0.0617. The molecular formula is C17H21N3O2. The molecule has 5 heteroatoms. The summed E-state index contributed by atoms with van der Waals surface area (Å²) in [5.41, 5.74) is 6.99. The summed E-state index contributed by atoms with van der Waals surface area (Å²) in [5.74, 6) is 1.22. The minimum absolute atomic E-state index is 0.0463. The van der Waals surface area contributed by atoms with Gasteiger partial charge in [0.1, 0.15) is 5.75 Å². The monoisotopic (exact) mass is 299 g/mol. The average molecular weight is 299 g/mol. The van der Waals surface area contributed by atoms with E-state index in [9.17, 15) is 4.79 Å². The van der Waals surface area contributed by atoms with Gasteiger partial charge in [-0.2, -0.15) is 0 Å². The van der Waals surface area contributed by atoms with Gasteiger partial charge in [-0.3, -0.25) is 10.2 Å². The molecule has 3 rings (SSSR count). The third-order valence-corrected chi connectivity index (χ3v) is 3.75. The largest absolute Gasteiger partial charge is 0.497 e. The molecule has 0 spiro atoms. The van der Waals surface area contributed by atoms with Gasteiger partial charge in [-0.1, -0.05) is 23.8 Å². The summed E-state index contributed by atoms with van der Waals surface area (Å²) in [7, 11) is 3.14. The summed E-state index contributed by atoms with van der Waals surface area (Å²) >= 11 is 0. The van der Waals surface area contributed by atoms with Crippen LogP contribution in [0.1, 0.15) is 11.5 Å². The zero-order chi connectivity index (χ0) is 16.7. The van der Waals surface area contributed by atoms with Crippen molar-refractivity contribution in [2.75, 3.05) is 14.2 Å². The fourth-order valence-electron chi connectivity index (χ4n) is 2.77. The third-order valence-electron chi connectivity index (χ3n) is 3.75. The maximum absolute atomic E-state index is 11.8. The number of carbonyl (C=O) groups excluding carboxylic acids is 1. The van der Waals surface area contributed by atoms with Crippen LogP contribution in [-0.2, 0) is 4.79 Å². The number of hydrogen-bond donors (Lipinski definition) is 3. The standard InChI is InChI=1S/C14H14N2O2.C2H2.CH5N/c1-18-9-4-2-8(3-5-9)12-10-6-11(10)13(12)14(17)16-7-15;2*1-2/h2-7,11-13H,1H3,(H2,15,16,17);1-2H;2H2,1H3/t11?,12-,13?;;/m0../s1. The summed E-state index contributed by atoms with van der Waals surface area (Å²) in [6, 6.07) is 7.83. The van der Waals surface area contributed by atoms with Gasteiger partial charge in [0.05, 0.1) is 19.4 Å². The zero-order valence-electron chi connectivity index (χ0n) is 12.7. The number of nitrogens with one attached hydrogen (secondary N) is 2. The first-order chi connectivity index (χ1) is 10.8. The van der Waals surface area contributed by atoms with E-state index in [0.29, 0.717) is 5.92 Å². The second-order valence-corrected chi connectivity index (χ2v) is 4.62. The fourth-order valence-corrected chi connectivity index (χ4v) is 2.77. The summed E-state index contributed by atoms with van der Waals surface area (Å²) in [6.07, 6.45) is 11.1. The summed E-state index contributed by atoms with van der Waals surface area (Å²) in [4.78, 5) is 11.8. The van der Waals surface area contributed by atoms with Crippen molar-refractivity contribution in [3.63, 3.8) is 0 Å². The van der Waals surface area contributed by atoms with Gasteiger partial charge in [-0.05, 0) is 24.7 Å². The number of hydrogen-bond acceptors (Lipinski definition) is 4. The van der Waals surface area contributed by atoms with Crippen LogP contribution in [0.3, 0.4) is 0 Å². The maximum atomic E-state index is 11.8. The van der Waals surface area contributed by atoms with Crippen molar-refractivity contribution in [1.29, 1.82) is 5.41 Å². The Bertz CT molecular complexity index is 575. The Morgan fingerprint density at radius 3 is 2.41 bits per heavy atom. The summed E-state index contributed by atoms with van der Waals surface area (Å²) in [5, 5.41) is 9.41. The van der Waals surface area contributed by atoms with Crippen LogP contribution in [0.4, 0.5) is 0 Å². The topological polar surface area (TPSA) is 88.2 Å². The lowest BCUT2D eigenvalue weighted by Crippen LogP contribution is -2.40. The number of allylic oxidation sites excluding steroid dienone is 2. The van der Waals surface area contributed by atoms with Crippen LogP contribution in [0, 0.1) is 30.1 Å². The van der Waals surface area contributed by atoms with Crippen LogP contribution in [0.25, 0.3) is 0 Å². The molecule has 2 unspecified atom stereocenters. The first-order valence-electron chi connectivity index (χ1n) is 6.82. The SMILES string of the molecule is C#C.CN.COc1ccc([C@H]2C3=CC3C2C(=O)NC=N)cc1. The highest BCUT2D eigenvalue weighted by molar-refractivity contribution is 5.93. The molecule has 2 aliphatic carbocycles. The van der Waals surface area contributed by atoms with Gasteiger partial charge in [0.15, 0.2) is 0 Å². The number of amides is 1. The number of methoxy groups -OCH3 is 1. The highest BCUT2D eigenvalue weighted by atomic mass is 16.5. The Balaban J connectivity index is 0.000000561. The summed E-state index contributed by atoms with van der Waals surface area (Å²) < 4.78 is 5.13. The first-order valence-corrected chi connectivity index (χ1v) is 6.82. The van der Waals surface area contributed by atoms with Crippen molar-refractivity contribution in [2.24, 2.45) is 17.6 Å². The van der Waals surface area contributed by atoms with Crippen LogP contribution in [-0.4, -0.2) is 26.4 Å². The lowest BCUT2D eigenvalue weighted by atomic mass is 9.69. The molecule has 1 fully saturated rings. The zero-order valence-corrected chi connectivity index (χ0v) is 12.7. The van der Waals surface area contributed by atoms with E-state index in [2.05, 4.69) is 30.0 Å². The van der Waals surface area contributed by atoms with E-state index >= 15 is 0 Å². The predicted octanol–water partition coefficient (Wildman–Crippen LogP) is 1.51. The van der Waals surface area contributed by atoms with Gasteiger partial charge in [-0.25, -0.2) is 0 Å². The smallest absolute Gasteiger partial charge is 0.230 e. The van der Waals surface area contributed by atoms with Crippen molar-refractivity contribution < 1.29 is 9.53 Å². The number of terminal acetylenes is 1. The van der Waals surface area contributed by atoms with E-state index in [4.69, 9.17) is 10.1 Å². The van der Waals surface area contributed by atoms with Crippen LogP contribution >= 0.6 is 0 Å². The molecule has 1 aromatic rings. The van der Waals surface area contributed by atoms with Gasteiger partial charge in [0.2, 0.25) is 5.91 Å². The van der Waals surface area contributed by atoms with E-state index in [-0.39, 0.29) is 17.7 Å². The number of rotatable bonds is 4. The van der Waals surface area contributed by atoms with E-state index < -0.39 is 0 Å². The van der Waals surface area contributed by atoms with Crippen molar-refractivity contribution in [3.8, 4) is 18.6 Å². The minimum Gasteiger partial charge on any atom is -0.497 e. The third kappa shape index (κ3) is 3.18. The molecule has 1 saturated carbocycles. The molecule has 0 bridgehead atoms. The molecule has 1 amide bonds. The molecular weight excluding hydrogens is 278 g/mol. The van der Waals surface area contributed by atoms with E-state index in [1.807, 2.05) is 24.3 Å². The number of carbonyl (C=O) groups is 1. The highest BCUT2D eigenvalue weighted by Crippen LogP contribution is 2.62. The number of benzene rings is 1. The van der Waals surface area contributed by atoms with Crippen molar-refractivity contribution in [3.05, 3.63) is 41.5 Å². The molecule has 0 aliphatic heterocycles. The molecule has 5 nitrogen and oxygen atoms in total. The van der Waals surface area contributed by atoms with Crippen LogP contribution in [0.15, 0.2) is 35.9 Å². The molecule has 0 saturated heterocycles. The second-order valence-electron chi connectivity index (χ2n) is 4.62. The molecule has 4 N–H and O–H groups in total. The normalized spacial score (nSPS) is 22.8. The van der Waals surface area contributed by atoms with Crippen molar-refractivity contribution in [2.45, 2.75) is 5.92 Å². The Morgan fingerprint density at radius 1 is 1.32 bits per heavy atom. The number of ether oxygens (including phenoxy) is 1. The van der Waals surface area contributed by atoms with Crippen LogP contribution in [0.5, 0.6) is 5.75 Å². The van der Waals surface area contributed by atoms with Crippen LogP contribution < -0.4 is 15.8 Å². The average Bonchev–Trinajstić information content (AvgIpc) is 3.25. The maximum Gasteiger partial charge on any atom is 0.230 e. The van der Waals surface area contributed by atoms with Crippen molar-refractivity contribution in [1.82, 2.24) is 5.32 Å². The van der Waals surface area contributed by atoms with E-state index in [1.54, 1.807) is 7.11 Å². The fraction of sp³-hybridized carbons (Fsp3) is 0.294. The van der Waals surface area contributed by atoms with E-state index in [0.717, 1.165) is 17.7 Å². The second kappa shape index (κ2) is 8.01. The predicted molar refractivity (Wildman–Crippen MR) is 87.7 cm³/mol. The van der Waals surface area contributed by atoms with Crippen molar-refractivity contribution >= 4 is 12.2 Å². The Labute approximate surface area is 131 Å². The van der Waals surface area contributed by atoms with Gasteiger partial charge in [0, 0.05) is 11.8 Å². The van der Waals surface area contributed by atoms with Crippen LogP contribution in [0.2, 0.25) is 0 Å². The molecule has 0 aromatic heterocycles. The van der Waals surface area contributed by atoms with Gasteiger partial charge >= 0.3 is 0 Å². The van der Waals surface area contributed by atoms with Gasteiger partial charge in [-0.15, -0.1) is 12.8 Å².